The first-order valence-electron chi connectivity index (χ1n) is 5.21. The number of halogens is 1. The summed E-state index contributed by atoms with van der Waals surface area (Å²) in [7, 11) is -3.60. The van der Waals surface area contributed by atoms with Crippen LogP contribution < -0.4 is 0 Å². The maximum absolute atomic E-state index is 13.7. The average Bonchev–Trinajstić information content (AvgIpc) is 2.27. The van der Waals surface area contributed by atoms with Gasteiger partial charge in [0.25, 0.3) is 0 Å². The van der Waals surface area contributed by atoms with Gasteiger partial charge in [0.15, 0.2) is 0 Å². The van der Waals surface area contributed by atoms with Crippen molar-refractivity contribution >= 4 is 16.2 Å². The summed E-state index contributed by atoms with van der Waals surface area (Å²) in [5.41, 5.74) is 1.23. The zero-order valence-corrected chi connectivity index (χ0v) is 10.4. The van der Waals surface area contributed by atoms with E-state index in [1.807, 2.05) is 6.07 Å². The summed E-state index contributed by atoms with van der Waals surface area (Å²) in [6.07, 6.45) is 3.13. The molecule has 0 unspecified atom stereocenters. The van der Waals surface area contributed by atoms with Gasteiger partial charge in [0.2, 0.25) is 0 Å². The number of allylic oxidation sites excluding steroid dienone is 1. The third kappa shape index (κ3) is 2.68. The third-order valence-corrected chi connectivity index (χ3v) is 3.07. The van der Waals surface area contributed by atoms with Crippen LogP contribution in [-0.2, 0) is 20.7 Å². The van der Waals surface area contributed by atoms with Crippen LogP contribution in [0.4, 0.5) is 4.39 Å². The molecular formula is C12H10FNO3S. The predicted octanol–water partition coefficient (Wildman–Crippen LogP) is 1.96. The lowest BCUT2D eigenvalue weighted by Gasteiger charge is -2.16. The van der Waals surface area contributed by atoms with Crippen LogP contribution in [0.15, 0.2) is 17.9 Å². The number of fused-ring (bicyclic) bond motifs is 1. The Hall–Kier alpha value is -1.87. The standard InChI is InChI=1S/C12H10FNO3S/c1-18(15,16)17-10-3-2-9-4-8(7-14)5-12(13)11(9)6-10/h4-6H,2-3H2,1H3. The lowest BCUT2D eigenvalue weighted by atomic mass is 9.94. The topological polar surface area (TPSA) is 67.2 Å². The Morgan fingerprint density at radius 2 is 2.11 bits per heavy atom. The summed E-state index contributed by atoms with van der Waals surface area (Å²) in [6, 6.07) is 4.61. The molecule has 0 aromatic heterocycles. The number of hydrogen-bond donors (Lipinski definition) is 0. The first kappa shape index (κ1) is 12.6. The predicted molar refractivity (Wildman–Crippen MR) is 63.3 cm³/mol. The summed E-state index contributed by atoms with van der Waals surface area (Å²) in [5, 5.41) is 8.73. The van der Waals surface area contributed by atoms with E-state index in [1.165, 1.54) is 6.08 Å². The molecule has 0 bridgehead atoms. The van der Waals surface area contributed by atoms with Gasteiger partial charge in [0.1, 0.15) is 11.6 Å². The minimum Gasteiger partial charge on any atom is -0.387 e. The summed E-state index contributed by atoms with van der Waals surface area (Å²) >= 11 is 0. The minimum absolute atomic E-state index is 0.216. The highest BCUT2D eigenvalue weighted by Gasteiger charge is 2.18. The van der Waals surface area contributed by atoms with E-state index in [0.717, 1.165) is 12.3 Å². The molecule has 4 nitrogen and oxygen atoms in total. The molecular weight excluding hydrogens is 257 g/mol. The van der Waals surface area contributed by atoms with Crippen molar-refractivity contribution in [1.82, 2.24) is 0 Å². The summed E-state index contributed by atoms with van der Waals surface area (Å²) in [4.78, 5) is 0. The van der Waals surface area contributed by atoms with Crippen LogP contribution in [0.1, 0.15) is 23.1 Å². The van der Waals surface area contributed by atoms with Crippen molar-refractivity contribution in [3.63, 3.8) is 0 Å². The van der Waals surface area contributed by atoms with Crippen LogP contribution in [0, 0.1) is 17.1 Å². The highest BCUT2D eigenvalue weighted by atomic mass is 32.2. The highest BCUT2D eigenvalue weighted by molar-refractivity contribution is 7.86. The molecule has 1 aromatic rings. The molecule has 0 fully saturated rings. The van der Waals surface area contributed by atoms with Gasteiger partial charge in [-0.1, -0.05) is 0 Å². The van der Waals surface area contributed by atoms with Crippen LogP contribution in [0.5, 0.6) is 0 Å². The Bertz CT molecular complexity index is 671. The second-order valence-corrected chi connectivity index (χ2v) is 5.62. The minimum atomic E-state index is -3.60. The zero-order chi connectivity index (χ0) is 13.3. The van der Waals surface area contributed by atoms with E-state index in [1.54, 1.807) is 6.07 Å². The fourth-order valence-electron chi connectivity index (χ4n) is 1.86. The van der Waals surface area contributed by atoms with E-state index in [2.05, 4.69) is 0 Å². The van der Waals surface area contributed by atoms with Gasteiger partial charge < -0.3 is 4.18 Å². The molecule has 0 radical (unpaired) electrons. The fourth-order valence-corrected chi connectivity index (χ4v) is 2.38. The smallest absolute Gasteiger partial charge is 0.305 e. The van der Waals surface area contributed by atoms with E-state index in [-0.39, 0.29) is 11.3 Å². The van der Waals surface area contributed by atoms with Crippen molar-refractivity contribution in [3.8, 4) is 6.07 Å². The Morgan fingerprint density at radius 1 is 1.39 bits per heavy atom. The van der Waals surface area contributed by atoms with Crippen molar-refractivity contribution in [2.45, 2.75) is 12.8 Å². The molecule has 0 atom stereocenters. The van der Waals surface area contributed by atoms with Gasteiger partial charge in [0, 0.05) is 12.0 Å². The molecule has 0 aliphatic heterocycles. The second-order valence-electron chi connectivity index (χ2n) is 4.04. The zero-order valence-electron chi connectivity index (χ0n) is 9.60. The summed E-state index contributed by atoms with van der Waals surface area (Å²) < 4.78 is 40.5. The molecule has 0 heterocycles. The van der Waals surface area contributed by atoms with Crippen LogP contribution in [0.25, 0.3) is 6.08 Å². The van der Waals surface area contributed by atoms with Crippen LogP contribution in [0.2, 0.25) is 0 Å². The number of nitrogens with zero attached hydrogens (tertiary/aromatic N) is 1. The third-order valence-electron chi connectivity index (χ3n) is 2.55. The van der Waals surface area contributed by atoms with Crippen molar-refractivity contribution in [1.29, 1.82) is 5.26 Å². The van der Waals surface area contributed by atoms with E-state index < -0.39 is 15.9 Å². The van der Waals surface area contributed by atoms with Crippen molar-refractivity contribution in [2.75, 3.05) is 6.26 Å². The quantitative estimate of drug-likeness (QED) is 0.768. The maximum Gasteiger partial charge on any atom is 0.305 e. The largest absolute Gasteiger partial charge is 0.387 e. The molecule has 18 heavy (non-hydrogen) atoms. The van der Waals surface area contributed by atoms with E-state index in [0.29, 0.717) is 24.0 Å². The monoisotopic (exact) mass is 267 g/mol. The Kier molecular flexibility index (Phi) is 3.09. The normalized spacial score (nSPS) is 14.4. The van der Waals surface area contributed by atoms with Gasteiger partial charge >= 0.3 is 10.1 Å². The number of hydrogen-bond acceptors (Lipinski definition) is 4. The molecule has 6 heteroatoms. The molecule has 0 spiro atoms. The molecule has 0 amide bonds. The lowest BCUT2D eigenvalue weighted by Crippen LogP contribution is -2.08. The second kappa shape index (κ2) is 4.42. The van der Waals surface area contributed by atoms with Crippen molar-refractivity contribution < 1.29 is 17.0 Å². The Labute approximate surface area is 104 Å². The molecule has 0 saturated heterocycles. The average molecular weight is 267 g/mol. The van der Waals surface area contributed by atoms with Crippen LogP contribution in [0.3, 0.4) is 0 Å². The molecule has 1 aliphatic carbocycles. The first-order chi connectivity index (χ1) is 8.39. The van der Waals surface area contributed by atoms with E-state index >= 15 is 0 Å². The van der Waals surface area contributed by atoms with Gasteiger partial charge in [-0.15, -0.1) is 0 Å². The molecule has 1 aliphatic rings. The molecule has 0 N–H and O–H groups in total. The molecule has 2 rings (SSSR count). The SMILES string of the molecule is CS(=O)(=O)OC1=Cc2c(F)cc(C#N)cc2CC1. The van der Waals surface area contributed by atoms with Crippen LogP contribution in [-0.4, -0.2) is 14.7 Å². The van der Waals surface area contributed by atoms with Crippen LogP contribution >= 0.6 is 0 Å². The number of nitriles is 1. The first-order valence-corrected chi connectivity index (χ1v) is 7.03. The van der Waals surface area contributed by atoms with Gasteiger partial charge in [0.05, 0.1) is 17.9 Å². The lowest BCUT2D eigenvalue weighted by molar-refractivity contribution is 0.397. The molecule has 0 saturated carbocycles. The van der Waals surface area contributed by atoms with Gasteiger partial charge in [-0.25, -0.2) is 4.39 Å². The summed E-state index contributed by atoms with van der Waals surface area (Å²) in [6.45, 7) is 0. The van der Waals surface area contributed by atoms with Crippen molar-refractivity contribution in [2.24, 2.45) is 0 Å². The maximum atomic E-state index is 13.7. The number of aryl methyl sites for hydroxylation is 1. The Morgan fingerprint density at radius 3 is 2.72 bits per heavy atom. The van der Waals surface area contributed by atoms with Gasteiger partial charge in [-0.2, -0.15) is 13.7 Å². The summed E-state index contributed by atoms with van der Waals surface area (Å²) in [5.74, 6) is -0.327. The van der Waals surface area contributed by atoms with E-state index in [9.17, 15) is 12.8 Å². The van der Waals surface area contributed by atoms with Crippen molar-refractivity contribution in [3.05, 3.63) is 40.4 Å². The van der Waals surface area contributed by atoms with E-state index in [4.69, 9.17) is 9.44 Å². The van der Waals surface area contributed by atoms with Gasteiger partial charge in [-0.3, -0.25) is 0 Å². The molecule has 94 valence electrons. The Balaban J connectivity index is 2.44. The fraction of sp³-hybridized carbons (Fsp3) is 0.250. The highest BCUT2D eigenvalue weighted by Crippen LogP contribution is 2.28. The molecule has 1 aromatic carbocycles. The van der Waals surface area contributed by atoms with Gasteiger partial charge in [-0.05, 0) is 30.2 Å². The number of rotatable bonds is 2. The number of benzene rings is 1.